The van der Waals surface area contributed by atoms with E-state index in [0.29, 0.717) is 11.3 Å². The predicted octanol–water partition coefficient (Wildman–Crippen LogP) is 0.302. The number of carbonyl (C=O) groups excluding carboxylic acids is 1. The van der Waals surface area contributed by atoms with Gasteiger partial charge in [-0.3, -0.25) is 10.2 Å². The number of hydrogen-bond donors (Lipinski definition) is 3. The zero-order valence-corrected chi connectivity index (χ0v) is 9.70. The molecule has 0 heterocycles. The summed E-state index contributed by atoms with van der Waals surface area (Å²) in [6.45, 7) is 3.84. The van der Waals surface area contributed by atoms with Crippen LogP contribution in [0.1, 0.15) is 22.7 Å². The highest BCUT2D eigenvalue weighted by Gasteiger charge is 2.21. The number of nitrogens with one attached hydrogen (secondary N) is 1. The van der Waals surface area contributed by atoms with Crippen LogP contribution in [0, 0.1) is 13.8 Å². The molecule has 5 heteroatoms. The third kappa shape index (κ3) is 2.32. The molecule has 0 saturated heterocycles. The van der Waals surface area contributed by atoms with Gasteiger partial charge in [0.1, 0.15) is 11.8 Å². The van der Waals surface area contributed by atoms with E-state index >= 15 is 0 Å². The quantitative estimate of drug-likeness (QED) is 0.390. The van der Waals surface area contributed by atoms with Crippen LogP contribution in [0.3, 0.4) is 0 Å². The maximum absolute atomic E-state index is 11.4. The summed E-state index contributed by atoms with van der Waals surface area (Å²) in [6.07, 6.45) is 0. The van der Waals surface area contributed by atoms with E-state index in [1.807, 2.05) is 31.4 Å². The number of aryl methyl sites for hydroxylation is 2. The van der Waals surface area contributed by atoms with E-state index in [-0.39, 0.29) is 0 Å². The summed E-state index contributed by atoms with van der Waals surface area (Å²) in [6, 6.07) is 2.97. The van der Waals surface area contributed by atoms with Crippen molar-refractivity contribution in [2.75, 3.05) is 7.11 Å². The fraction of sp³-hybridized carbons (Fsp3) is 0.364. The molecule has 1 aromatic carbocycles. The van der Waals surface area contributed by atoms with Gasteiger partial charge in [0.05, 0.1) is 7.11 Å². The lowest BCUT2D eigenvalue weighted by atomic mass is 9.98. The van der Waals surface area contributed by atoms with Crippen LogP contribution in [0.4, 0.5) is 0 Å². The Bertz CT molecular complexity index is 404. The molecule has 88 valence electrons. The SMILES string of the molecule is COc1cc(C)cc(C)c1C(N)C(=O)NN. The van der Waals surface area contributed by atoms with E-state index in [0.717, 1.165) is 11.1 Å². The van der Waals surface area contributed by atoms with Crippen molar-refractivity contribution in [2.45, 2.75) is 19.9 Å². The molecule has 1 aromatic rings. The first-order valence-electron chi connectivity index (χ1n) is 4.92. The van der Waals surface area contributed by atoms with Crippen molar-refractivity contribution in [3.05, 3.63) is 28.8 Å². The normalized spacial score (nSPS) is 12.1. The molecule has 0 fully saturated rings. The first-order valence-corrected chi connectivity index (χ1v) is 4.92. The molecule has 0 radical (unpaired) electrons. The fourth-order valence-corrected chi connectivity index (χ4v) is 1.73. The minimum atomic E-state index is -0.819. The van der Waals surface area contributed by atoms with E-state index in [9.17, 15) is 4.79 Å². The Morgan fingerprint density at radius 3 is 2.56 bits per heavy atom. The van der Waals surface area contributed by atoms with Gasteiger partial charge < -0.3 is 10.5 Å². The van der Waals surface area contributed by atoms with Gasteiger partial charge in [0.25, 0.3) is 5.91 Å². The Balaban J connectivity index is 3.26. The average Bonchev–Trinajstić information content (AvgIpc) is 2.26. The Kier molecular flexibility index (Phi) is 3.87. The van der Waals surface area contributed by atoms with Crippen molar-refractivity contribution in [3.63, 3.8) is 0 Å². The highest BCUT2D eigenvalue weighted by Crippen LogP contribution is 2.28. The van der Waals surface area contributed by atoms with E-state index in [1.54, 1.807) is 7.11 Å². The van der Waals surface area contributed by atoms with Crippen LogP contribution in [0.25, 0.3) is 0 Å². The van der Waals surface area contributed by atoms with Crippen LogP contribution in [0.2, 0.25) is 0 Å². The van der Waals surface area contributed by atoms with Crippen LogP contribution in [-0.2, 0) is 4.79 Å². The summed E-state index contributed by atoms with van der Waals surface area (Å²) in [4.78, 5) is 11.4. The fourth-order valence-electron chi connectivity index (χ4n) is 1.73. The smallest absolute Gasteiger partial charge is 0.255 e. The molecule has 0 spiro atoms. The molecule has 0 saturated carbocycles. The van der Waals surface area contributed by atoms with E-state index < -0.39 is 11.9 Å². The molecular weight excluding hydrogens is 206 g/mol. The molecule has 16 heavy (non-hydrogen) atoms. The second-order valence-corrected chi connectivity index (χ2v) is 3.68. The van der Waals surface area contributed by atoms with Crippen molar-refractivity contribution in [1.29, 1.82) is 0 Å². The van der Waals surface area contributed by atoms with Crippen molar-refractivity contribution in [2.24, 2.45) is 11.6 Å². The lowest BCUT2D eigenvalue weighted by Crippen LogP contribution is -2.38. The first-order chi connectivity index (χ1) is 7.51. The monoisotopic (exact) mass is 223 g/mol. The largest absolute Gasteiger partial charge is 0.496 e. The average molecular weight is 223 g/mol. The first kappa shape index (κ1) is 12.5. The highest BCUT2D eigenvalue weighted by atomic mass is 16.5. The Morgan fingerprint density at radius 2 is 2.06 bits per heavy atom. The number of hydrazine groups is 1. The Labute approximate surface area is 94.7 Å². The van der Waals surface area contributed by atoms with E-state index in [4.69, 9.17) is 16.3 Å². The zero-order valence-electron chi connectivity index (χ0n) is 9.70. The summed E-state index contributed by atoms with van der Waals surface area (Å²) >= 11 is 0. The van der Waals surface area contributed by atoms with Crippen molar-refractivity contribution < 1.29 is 9.53 Å². The van der Waals surface area contributed by atoms with Gasteiger partial charge in [-0.25, -0.2) is 5.84 Å². The van der Waals surface area contributed by atoms with E-state index in [2.05, 4.69) is 0 Å². The molecule has 1 unspecified atom stereocenters. The van der Waals surface area contributed by atoms with Crippen LogP contribution in [0.15, 0.2) is 12.1 Å². The molecule has 0 bridgehead atoms. The van der Waals surface area contributed by atoms with Gasteiger partial charge >= 0.3 is 0 Å². The van der Waals surface area contributed by atoms with Gasteiger partial charge in [-0.2, -0.15) is 0 Å². The minimum Gasteiger partial charge on any atom is -0.496 e. The van der Waals surface area contributed by atoms with Crippen LogP contribution in [-0.4, -0.2) is 13.0 Å². The van der Waals surface area contributed by atoms with E-state index in [1.165, 1.54) is 0 Å². The van der Waals surface area contributed by atoms with Crippen molar-refractivity contribution >= 4 is 5.91 Å². The van der Waals surface area contributed by atoms with Gasteiger partial charge in [-0.1, -0.05) is 6.07 Å². The summed E-state index contributed by atoms with van der Waals surface area (Å²) < 4.78 is 5.22. The van der Waals surface area contributed by atoms with Crippen molar-refractivity contribution in [3.8, 4) is 5.75 Å². The molecule has 5 nitrogen and oxygen atoms in total. The number of hydrogen-bond acceptors (Lipinski definition) is 4. The molecule has 1 amide bonds. The maximum Gasteiger partial charge on any atom is 0.255 e. The Morgan fingerprint density at radius 1 is 1.44 bits per heavy atom. The molecule has 0 aliphatic rings. The van der Waals surface area contributed by atoms with Crippen LogP contribution in [0.5, 0.6) is 5.75 Å². The van der Waals surface area contributed by atoms with Gasteiger partial charge in [0.2, 0.25) is 0 Å². The molecular formula is C11H17N3O2. The topological polar surface area (TPSA) is 90.4 Å². The second-order valence-electron chi connectivity index (χ2n) is 3.68. The third-order valence-corrected chi connectivity index (χ3v) is 2.45. The second kappa shape index (κ2) is 4.96. The Hall–Kier alpha value is -1.59. The minimum absolute atomic E-state index is 0.440. The van der Waals surface area contributed by atoms with Crippen molar-refractivity contribution in [1.82, 2.24) is 5.43 Å². The lowest BCUT2D eigenvalue weighted by molar-refractivity contribution is -0.122. The standard InChI is InChI=1S/C11H17N3O2/c1-6-4-7(2)9(8(5-6)16-3)10(12)11(15)14-13/h4-5,10H,12-13H2,1-3H3,(H,14,15). The predicted molar refractivity (Wildman–Crippen MR) is 61.7 cm³/mol. The molecule has 0 aliphatic carbocycles. The number of rotatable bonds is 3. The summed E-state index contributed by atoms with van der Waals surface area (Å²) in [5.41, 5.74) is 10.5. The number of amides is 1. The highest BCUT2D eigenvalue weighted by molar-refractivity contribution is 5.83. The summed E-state index contributed by atoms with van der Waals surface area (Å²) in [5, 5.41) is 0. The van der Waals surface area contributed by atoms with Gasteiger partial charge in [-0.15, -0.1) is 0 Å². The number of methoxy groups -OCH3 is 1. The molecule has 1 atom stereocenters. The summed E-state index contributed by atoms with van der Waals surface area (Å²) in [7, 11) is 1.55. The lowest BCUT2D eigenvalue weighted by Gasteiger charge is -2.17. The van der Waals surface area contributed by atoms with Gasteiger partial charge in [0.15, 0.2) is 0 Å². The van der Waals surface area contributed by atoms with Crippen LogP contribution >= 0.6 is 0 Å². The maximum atomic E-state index is 11.4. The number of nitrogens with two attached hydrogens (primary N) is 2. The zero-order chi connectivity index (χ0) is 12.3. The number of ether oxygens (including phenoxy) is 1. The molecule has 0 aromatic heterocycles. The van der Waals surface area contributed by atoms with Crippen LogP contribution < -0.4 is 21.7 Å². The third-order valence-electron chi connectivity index (χ3n) is 2.45. The summed E-state index contributed by atoms with van der Waals surface area (Å²) in [5.74, 6) is 5.23. The van der Waals surface area contributed by atoms with Gasteiger partial charge in [-0.05, 0) is 31.0 Å². The molecule has 5 N–H and O–H groups in total. The molecule has 1 rings (SSSR count). The molecule has 0 aliphatic heterocycles. The number of benzene rings is 1. The van der Waals surface area contributed by atoms with Gasteiger partial charge in [0, 0.05) is 5.56 Å². The number of carbonyl (C=O) groups is 1.